The third-order valence-electron chi connectivity index (χ3n) is 4.81. The number of aliphatic hydroxyl groups excluding tert-OH is 1. The second-order valence-electron chi connectivity index (χ2n) is 6.55. The highest BCUT2D eigenvalue weighted by molar-refractivity contribution is 6.30. The van der Waals surface area contributed by atoms with Gasteiger partial charge in [0, 0.05) is 43.5 Å². The number of imidazole rings is 1. The molecule has 4 nitrogen and oxygen atoms in total. The molecule has 0 aliphatic carbocycles. The molecule has 1 fully saturated rings. The first-order chi connectivity index (χ1) is 11.0. The molecule has 1 saturated heterocycles. The van der Waals surface area contributed by atoms with E-state index in [0.29, 0.717) is 0 Å². The molecule has 3 rings (SSSR count). The minimum absolute atomic E-state index is 0.234. The van der Waals surface area contributed by atoms with Crippen molar-refractivity contribution in [3.8, 4) is 0 Å². The van der Waals surface area contributed by atoms with Crippen molar-refractivity contribution in [3.05, 3.63) is 52.6 Å². The van der Waals surface area contributed by atoms with Crippen LogP contribution in [0.3, 0.4) is 0 Å². The zero-order valence-corrected chi connectivity index (χ0v) is 14.5. The zero-order valence-electron chi connectivity index (χ0n) is 13.7. The maximum atomic E-state index is 10.7. The molecule has 1 aromatic heterocycles. The monoisotopic (exact) mass is 333 g/mol. The van der Waals surface area contributed by atoms with E-state index < -0.39 is 6.10 Å². The van der Waals surface area contributed by atoms with Gasteiger partial charge in [0.25, 0.3) is 0 Å². The Morgan fingerprint density at radius 1 is 1.43 bits per heavy atom. The summed E-state index contributed by atoms with van der Waals surface area (Å²) < 4.78 is 1.91. The van der Waals surface area contributed by atoms with Crippen LogP contribution in [0.15, 0.2) is 30.6 Å². The van der Waals surface area contributed by atoms with E-state index in [1.807, 2.05) is 29.9 Å². The Labute approximate surface area is 142 Å². The maximum absolute atomic E-state index is 10.7. The highest BCUT2D eigenvalue weighted by Crippen LogP contribution is 2.29. The lowest BCUT2D eigenvalue weighted by molar-refractivity contribution is 0.0404. The van der Waals surface area contributed by atoms with Gasteiger partial charge in [0.2, 0.25) is 0 Å². The summed E-state index contributed by atoms with van der Waals surface area (Å²) in [5, 5.41) is 11.4. The highest BCUT2D eigenvalue weighted by atomic mass is 35.5. The van der Waals surface area contributed by atoms with Gasteiger partial charge in [-0.1, -0.05) is 17.7 Å². The number of rotatable bonds is 4. The zero-order chi connectivity index (χ0) is 16.4. The van der Waals surface area contributed by atoms with Gasteiger partial charge in [-0.05, 0) is 49.6 Å². The van der Waals surface area contributed by atoms with Crippen molar-refractivity contribution in [2.45, 2.75) is 32.4 Å². The van der Waals surface area contributed by atoms with Crippen molar-refractivity contribution in [1.29, 1.82) is 0 Å². The quantitative estimate of drug-likeness (QED) is 0.933. The number of likely N-dealkylation sites (tertiary alicyclic amines) is 1. The fourth-order valence-corrected chi connectivity index (χ4v) is 3.67. The Kier molecular flexibility index (Phi) is 5.05. The van der Waals surface area contributed by atoms with E-state index in [-0.39, 0.29) is 5.92 Å². The first-order valence-electron chi connectivity index (χ1n) is 8.17. The van der Waals surface area contributed by atoms with Crippen LogP contribution >= 0.6 is 11.6 Å². The number of piperidine rings is 1. The summed E-state index contributed by atoms with van der Waals surface area (Å²) >= 11 is 6.04. The fraction of sp³-hybridized carbons (Fsp3) is 0.500. The summed E-state index contributed by atoms with van der Waals surface area (Å²) in [6, 6.07) is 6.07. The minimum atomic E-state index is -0.496. The van der Waals surface area contributed by atoms with Crippen LogP contribution < -0.4 is 0 Å². The molecular formula is C18H24ClN3O. The fourth-order valence-electron chi connectivity index (χ4n) is 3.44. The van der Waals surface area contributed by atoms with Gasteiger partial charge in [-0.3, -0.25) is 4.90 Å². The molecule has 5 heteroatoms. The molecular weight excluding hydrogens is 310 g/mol. The lowest BCUT2D eigenvalue weighted by atomic mass is 9.91. The Morgan fingerprint density at radius 2 is 2.26 bits per heavy atom. The van der Waals surface area contributed by atoms with Crippen molar-refractivity contribution in [3.63, 3.8) is 0 Å². The minimum Gasteiger partial charge on any atom is -0.385 e. The number of aryl methyl sites for hydroxylation is 2. The lowest BCUT2D eigenvalue weighted by Crippen LogP contribution is -2.38. The first kappa shape index (κ1) is 16.5. The van der Waals surface area contributed by atoms with E-state index in [1.54, 1.807) is 6.20 Å². The second-order valence-corrected chi connectivity index (χ2v) is 6.99. The summed E-state index contributed by atoms with van der Waals surface area (Å²) in [4.78, 5) is 6.73. The van der Waals surface area contributed by atoms with Gasteiger partial charge in [-0.25, -0.2) is 4.98 Å². The van der Waals surface area contributed by atoms with Crippen LogP contribution in [-0.4, -0.2) is 32.6 Å². The number of hydrogen-bond acceptors (Lipinski definition) is 3. The molecule has 1 aliphatic rings. The Hall–Kier alpha value is -1.36. The highest BCUT2D eigenvalue weighted by Gasteiger charge is 2.29. The van der Waals surface area contributed by atoms with E-state index in [1.165, 1.54) is 11.1 Å². The van der Waals surface area contributed by atoms with Gasteiger partial charge >= 0.3 is 0 Å². The van der Waals surface area contributed by atoms with E-state index in [2.05, 4.69) is 22.9 Å². The largest absolute Gasteiger partial charge is 0.385 e. The summed E-state index contributed by atoms with van der Waals surface area (Å²) in [5.74, 6) is 0.997. The Bertz CT molecular complexity index is 670. The van der Waals surface area contributed by atoms with Gasteiger partial charge in [0.1, 0.15) is 11.9 Å². The van der Waals surface area contributed by atoms with E-state index in [0.717, 1.165) is 43.3 Å². The van der Waals surface area contributed by atoms with E-state index in [9.17, 15) is 5.11 Å². The second kappa shape index (κ2) is 7.04. The van der Waals surface area contributed by atoms with Crippen LogP contribution in [0.2, 0.25) is 5.02 Å². The molecule has 1 N–H and O–H groups in total. The average Bonchev–Trinajstić information content (AvgIpc) is 2.96. The SMILES string of the molecule is Cc1cc(Cl)ccc1CN1CCC[C@@H]([C@H](O)c2nccn2C)C1. The third-order valence-corrected chi connectivity index (χ3v) is 5.05. The van der Waals surface area contributed by atoms with Crippen LogP contribution in [-0.2, 0) is 13.6 Å². The van der Waals surface area contributed by atoms with Crippen LogP contribution in [0.1, 0.15) is 35.9 Å². The molecule has 2 aromatic rings. The van der Waals surface area contributed by atoms with Gasteiger partial charge in [-0.2, -0.15) is 0 Å². The first-order valence-corrected chi connectivity index (χ1v) is 8.55. The van der Waals surface area contributed by atoms with E-state index in [4.69, 9.17) is 11.6 Å². The van der Waals surface area contributed by atoms with Crippen molar-refractivity contribution in [2.75, 3.05) is 13.1 Å². The molecule has 2 atom stereocenters. The van der Waals surface area contributed by atoms with Crippen LogP contribution in [0, 0.1) is 12.8 Å². The number of aliphatic hydroxyl groups is 1. The van der Waals surface area contributed by atoms with Crippen molar-refractivity contribution < 1.29 is 5.11 Å². The molecule has 2 heterocycles. The summed E-state index contributed by atoms with van der Waals surface area (Å²) in [5.41, 5.74) is 2.53. The average molecular weight is 334 g/mol. The standard InChI is InChI=1S/C18H24ClN3O/c1-13-10-16(19)6-5-14(13)11-22-8-3-4-15(12-22)17(23)18-20-7-9-21(18)2/h5-7,9-10,15,17,23H,3-4,8,11-12H2,1-2H3/t15-,17+/m1/s1. The van der Waals surface area contributed by atoms with Crippen molar-refractivity contribution in [2.24, 2.45) is 13.0 Å². The molecule has 0 saturated carbocycles. The van der Waals surface area contributed by atoms with Gasteiger partial charge in [0.15, 0.2) is 0 Å². The molecule has 0 unspecified atom stereocenters. The summed E-state index contributed by atoms with van der Waals surface area (Å²) in [7, 11) is 1.93. The number of benzene rings is 1. The topological polar surface area (TPSA) is 41.3 Å². The van der Waals surface area contributed by atoms with Crippen LogP contribution in [0.4, 0.5) is 0 Å². The number of aromatic nitrogens is 2. The Balaban J connectivity index is 1.67. The van der Waals surface area contributed by atoms with Gasteiger partial charge in [0.05, 0.1) is 0 Å². The molecule has 1 aromatic carbocycles. The molecule has 0 radical (unpaired) electrons. The van der Waals surface area contributed by atoms with Gasteiger partial charge < -0.3 is 9.67 Å². The molecule has 124 valence electrons. The number of nitrogens with zero attached hydrogens (tertiary/aromatic N) is 3. The molecule has 23 heavy (non-hydrogen) atoms. The summed E-state index contributed by atoms with van der Waals surface area (Å²) in [6.45, 7) is 4.99. The smallest absolute Gasteiger partial charge is 0.137 e. The van der Waals surface area contributed by atoms with Crippen LogP contribution in [0.25, 0.3) is 0 Å². The normalized spacial score (nSPS) is 20.6. The molecule has 0 spiro atoms. The number of hydrogen-bond donors (Lipinski definition) is 1. The Morgan fingerprint density at radius 3 is 2.96 bits per heavy atom. The molecule has 0 bridgehead atoms. The van der Waals surface area contributed by atoms with Crippen molar-refractivity contribution in [1.82, 2.24) is 14.5 Å². The maximum Gasteiger partial charge on any atom is 0.137 e. The summed E-state index contributed by atoms with van der Waals surface area (Å²) in [6.07, 6.45) is 5.29. The van der Waals surface area contributed by atoms with Gasteiger partial charge in [-0.15, -0.1) is 0 Å². The predicted octanol–water partition coefficient (Wildman–Crippen LogP) is 3.33. The predicted molar refractivity (Wildman–Crippen MR) is 92.4 cm³/mol. The van der Waals surface area contributed by atoms with Crippen LogP contribution in [0.5, 0.6) is 0 Å². The third kappa shape index (κ3) is 3.77. The molecule has 0 amide bonds. The van der Waals surface area contributed by atoms with Crippen molar-refractivity contribution >= 4 is 11.6 Å². The van der Waals surface area contributed by atoms with E-state index >= 15 is 0 Å². The molecule has 1 aliphatic heterocycles. The lowest BCUT2D eigenvalue weighted by Gasteiger charge is -2.35. The number of halogens is 1.